The largest absolute Gasteiger partial charge is 0.377 e. The van der Waals surface area contributed by atoms with Crippen LogP contribution in [-0.4, -0.2) is 41.0 Å². The smallest absolute Gasteiger partial charge is 0.191 e. The molecule has 3 rings (SSSR count). The Kier molecular flexibility index (Phi) is 6.40. The highest BCUT2D eigenvalue weighted by Gasteiger charge is 2.59. The van der Waals surface area contributed by atoms with Crippen LogP contribution in [0.1, 0.15) is 44.1 Å². The number of guanidine groups is 1. The first-order valence-corrected chi connectivity index (χ1v) is 9.01. The minimum atomic E-state index is 0. The van der Waals surface area contributed by atoms with Gasteiger partial charge in [0, 0.05) is 48.8 Å². The van der Waals surface area contributed by atoms with Gasteiger partial charge in [0.05, 0.1) is 18.3 Å². The van der Waals surface area contributed by atoms with E-state index in [1.807, 2.05) is 18.7 Å². The Bertz CT molecular complexity index is 640. The minimum absolute atomic E-state index is 0. The van der Waals surface area contributed by atoms with Gasteiger partial charge in [0.1, 0.15) is 0 Å². The first-order chi connectivity index (χ1) is 11.4. The van der Waals surface area contributed by atoms with Gasteiger partial charge in [-0.2, -0.15) is 5.10 Å². The van der Waals surface area contributed by atoms with E-state index in [0.717, 1.165) is 31.2 Å². The topological polar surface area (TPSA) is 63.5 Å². The SMILES string of the molecule is CCNC(=NCc1c(C)nn(C)c1C)NC1C2CCOC2C1(C)C.I. The molecular weight excluding hydrogens is 429 g/mol. The van der Waals surface area contributed by atoms with Gasteiger partial charge in [-0.05, 0) is 27.2 Å². The van der Waals surface area contributed by atoms with Gasteiger partial charge in [-0.1, -0.05) is 13.8 Å². The summed E-state index contributed by atoms with van der Waals surface area (Å²) < 4.78 is 7.82. The quantitative estimate of drug-likeness (QED) is 0.411. The average molecular weight is 461 g/mol. The first-order valence-electron chi connectivity index (χ1n) is 9.01. The van der Waals surface area contributed by atoms with Gasteiger partial charge < -0.3 is 15.4 Å². The Morgan fingerprint density at radius 3 is 2.72 bits per heavy atom. The maximum absolute atomic E-state index is 5.89. The molecule has 1 saturated heterocycles. The Morgan fingerprint density at radius 2 is 2.12 bits per heavy atom. The summed E-state index contributed by atoms with van der Waals surface area (Å²) in [5.74, 6) is 1.49. The third-order valence-electron chi connectivity index (χ3n) is 5.79. The van der Waals surface area contributed by atoms with Crippen molar-refractivity contribution in [2.75, 3.05) is 13.2 Å². The third kappa shape index (κ3) is 3.67. The molecule has 25 heavy (non-hydrogen) atoms. The molecule has 0 spiro atoms. The molecular formula is C18H32IN5O. The summed E-state index contributed by atoms with van der Waals surface area (Å²) in [6.45, 7) is 13.2. The van der Waals surface area contributed by atoms with E-state index in [4.69, 9.17) is 9.73 Å². The molecule has 0 bridgehead atoms. The van der Waals surface area contributed by atoms with Crippen LogP contribution in [0.15, 0.2) is 4.99 Å². The van der Waals surface area contributed by atoms with Crippen LogP contribution in [0.2, 0.25) is 0 Å². The number of hydrogen-bond acceptors (Lipinski definition) is 3. The summed E-state index contributed by atoms with van der Waals surface area (Å²) >= 11 is 0. The van der Waals surface area contributed by atoms with Crippen LogP contribution in [0.4, 0.5) is 0 Å². The van der Waals surface area contributed by atoms with Crippen molar-refractivity contribution in [2.45, 2.75) is 59.7 Å². The number of nitrogens with zero attached hydrogens (tertiary/aromatic N) is 3. The fourth-order valence-electron chi connectivity index (χ4n) is 4.29. The van der Waals surface area contributed by atoms with E-state index in [0.29, 0.717) is 24.6 Å². The lowest BCUT2D eigenvalue weighted by Crippen LogP contribution is -2.67. The standard InChI is InChI=1S/C18H31N5O.HI/c1-7-19-17(20-10-14-11(2)22-23(6)12(14)3)21-15-13-8-9-24-16(13)18(15,4)5;/h13,15-16H,7-10H2,1-6H3,(H2,19,20,21);1H. The summed E-state index contributed by atoms with van der Waals surface area (Å²) in [6, 6.07) is 0.416. The molecule has 0 amide bonds. The van der Waals surface area contributed by atoms with Crippen molar-refractivity contribution in [1.82, 2.24) is 20.4 Å². The van der Waals surface area contributed by atoms with Crippen LogP contribution >= 0.6 is 24.0 Å². The van der Waals surface area contributed by atoms with Crippen molar-refractivity contribution in [2.24, 2.45) is 23.4 Å². The van der Waals surface area contributed by atoms with E-state index in [-0.39, 0.29) is 29.4 Å². The van der Waals surface area contributed by atoms with Gasteiger partial charge in [-0.15, -0.1) is 24.0 Å². The monoisotopic (exact) mass is 461 g/mol. The lowest BCUT2D eigenvalue weighted by Gasteiger charge is -2.54. The number of hydrogen-bond donors (Lipinski definition) is 2. The molecule has 1 aromatic heterocycles. The zero-order valence-corrected chi connectivity index (χ0v) is 18.5. The third-order valence-corrected chi connectivity index (χ3v) is 5.79. The summed E-state index contributed by atoms with van der Waals surface area (Å²) in [6.07, 6.45) is 1.53. The number of aryl methyl sites for hydroxylation is 2. The van der Waals surface area contributed by atoms with E-state index < -0.39 is 0 Å². The molecule has 6 nitrogen and oxygen atoms in total. The van der Waals surface area contributed by atoms with Crippen molar-refractivity contribution < 1.29 is 4.74 Å². The number of fused-ring (bicyclic) bond motifs is 1. The molecule has 0 radical (unpaired) electrons. The average Bonchev–Trinajstić information content (AvgIpc) is 3.07. The van der Waals surface area contributed by atoms with Gasteiger partial charge in [-0.3, -0.25) is 4.68 Å². The molecule has 1 aliphatic carbocycles. The normalized spacial score (nSPS) is 27.3. The molecule has 2 fully saturated rings. The molecule has 7 heteroatoms. The van der Waals surface area contributed by atoms with Crippen molar-refractivity contribution in [1.29, 1.82) is 0 Å². The van der Waals surface area contributed by atoms with Crippen molar-refractivity contribution in [3.05, 3.63) is 17.0 Å². The molecule has 2 aliphatic rings. The summed E-state index contributed by atoms with van der Waals surface area (Å²) in [5, 5.41) is 11.5. The van der Waals surface area contributed by atoms with E-state index in [1.54, 1.807) is 0 Å². The van der Waals surface area contributed by atoms with Crippen LogP contribution in [0.5, 0.6) is 0 Å². The Balaban J connectivity index is 0.00000225. The number of aliphatic imine (C=N–C) groups is 1. The maximum Gasteiger partial charge on any atom is 0.191 e. The Morgan fingerprint density at radius 1 is 1.40 bits per heavy atom. The van der Waals surface area contributed by atoms with Gasteiger partial charge >= 0.3 is 0 Å². The molecule has 2 heterocycles. The molecule has 1 saturated carbocycles. The van der Waals surface area contributed by atoms with Crippen LogP contribution in [0, 0.1) is 25.2 Å². The van der Waals surface area contributed by atoms with Gasteiger partial charge in [-0.25, -0.2) is 4.99 Å². The second-order valence-corrected chi connectivity index (χ2v) is 7.66. The second-order valence-electron chi connectivity index (χ2n) is 7.66. The van der Waals surface area contributed by atoms with Crippen LogP contribution in [-0.2, 0) is 18.3 Å². The first kappa shape index (κ1) is 20.5. The van der Waals surface area contributed by atoms with Gasteiger partial charge in [0.25, 0.3) is 0 Å². The van der Waals surface area contributed by atoms with Gasteiger partial charge in [0.15, 0.2) is 5.96 Å². The van der Waals surface area contributed by atoms with E-state index in [9.17, 15) is 0 Å². The molecule has 0 aromatic carbocycles. The number of aromatic nitrogens is 2. The van der Waals surface area contributed by atoms with Crippen LogP contribution in [0.3, 0.4) is 0 Å². The predicted molar refractivity (Wildman–Crippen MR) is 111 cm³/mol. The van der Waals surface area contributed by atoms with E-state index in [1.165, 1.54) is 11.3 Å². The van der Waals surface area contributed by atoms with E-state index in [2.05, 4.69) is 43.4 Å². The fraction of sp³-hybridized carbons (Fsp3) is 0.778. The maximum atomic E-state index is 5.89. The predicted octanol–water partition coefficient (Wildman–Crippen LogP) is 2.52. The highest BCUT2D eigenvalue weighted by Crippen LogP contribution is 2.52. The fourth-order valence-corrected chi connectivity index (χ4v) is 4.29. The highest BCUT2D eigenvalue weighted by molar-refractivity contribution is 14.0. The molecule has 2 N–H and O–H groups in total. The van der Waals surface area contributed by atoms with Crippen molar-refractivity contribution in [3.63, 3.8) is 0 Å². The number of nitrogens with one attached hydrogen (secondary N) is 2. The van der Waals surface area contributed by atoms with Crippen LogP contribution in [0.25, 0.3) is 0 Å². The van der Waals surface area contributed by atoms with Crippen LogP contribution < -0.4 is 10.6 Å². The Hall–Kier alpha value is -0.830. The van der Waals surface area contributed by atoms with Crippen molar-refractivity contribution in [3.8, 4) is 0 Å². The molecule has 3 atom stereocenters. The lowest BCUT2D eigenvalue weighted by atomic mass is 9.57. The summed E-state index contributed by atoms with van der Waals surface area (Å²) in [5.41, 5.74) is 3.60. The molecule has 1 aromatic rings. The highest BCUT2D eigenvalue weighted by atomic mass is 127. The number of ether oxygens (including phenoxy) is 1. The minimum Gasteiger partial charge on any atom is -0.377 e. The zero-order chi connectivity index (χ0) is 17.5. The van der Waals surface area contributed by atoms with Gasteiger partial charge in [0.2, 0.25) is 0 Å². The second kappa shape index (κ2) is 7.82. The summed E-state index contributed by atoms with van der Waals surface area (Å²) in [4.78, 5) is 4.82. The molecule has 3 unspecified atom stereocenters. The lowest BCUT2D eigenvalue weighted by molar-refractivity contribution is -0.106. The van der Waals surface area contributed by atoms with E-state index >= 15 is 0 Å². The molecule has 1 aliphatic heterocycles. The van der Waals surface area contributed by atoms with Crippen molar-refractivity contribution >= 4 is 29.9 Å². The molecule has 142 valence electrons. The number of rotatable bonds is 4. The Labute approximate surface area is 168 Å². The summed E-state index contributed by atoms with van der Waals surface area (Å²) in [7, 11) is 1.98. The number of halogens is 1. The zero-order valence-electron chi connectivity index (χ0n) is 16.2.